The highest BCUT2D eigenvalue weighted by Crippen LogP contribution is 2.39. The molecule has 1 unspecified atom stereocenters. The normalized spacial score (nSPS) is 25.6. The molecule has 0 aliphatic carbocycles. The van der Waals surface area contributed by atoms with Gasteiger partial charge in [-0.15, -0.1) is 0 Å². The molecule has 7 heteroatoms. The van der Waals surface area contributed by atoms with Crippen molar-refractivity contribution in [2.24, 2.45) is 0 Å². The van der Waals surface area contributed by atoms with Crippen LogP contribution in [0.3, 0.4) is 0 Å². The van der Waals surface area contributed by atoms with Crippen molar-refractivity contribution < 1.29 is 24.2 Å². The van der Waals surface area contributed by atoms with Gasteiger partial charge in [-0.3, -0.25) is 4.79 Å². The van der Waals surface area contributed by atoms with Crippen LogP contribution in [0.2, 0.25) is 0 Å². The first-order valence-electron chi connectivity index (χ1n) is 5.77. The van der Waals surface area contributed by atoms with E-state index in [9.17, 15) is 14.7 Å². The maximum absolute atomic E-state index is 11.8. The number of ether oxygens (including phenoxy) is 2. The van der Waals surface area contributed by atoms with Crippen molar-refractivity contribution in [1.82, 2.24) is 4.90 Å². The summed E-state index contributed by atoms with van der Waals surface area (Å²) in [5.74, 6) is -0.539. The first kappa shape index (κ1) is 16.0. The number of nitrogens with zero attached hydrogens (tertiary/aromatic N) is 1. The fourth-order valence-electron chi connectivity index (χ4n) is 1.97. The average molecular weight is 289 g/mol. The Bertz CT molecular complexity index is 405. The highest BCUT2D eigenvalue weighted by molar-refractivity contribution is 8.14. The number of rotatable bonds is 4. The number of aliphatic hydroxyl groups is 1. The summed E-state index contributed by atoms with van der Waals surface area (Å²) in [6.07, 6.45) is -1.49. The van der Waals surface area contributed by atoms with E-state index in [0.717, 1.165) is 11.8 Å². The van der Waals surface area contributed by atoms with E-state index < -0.39 is 23.7 Å². The number of hydrogen-bond acceptors (Lipinski definition) is 7. The molecule has 1 aliphatic rings. The molecule has 0 aromatic carbocycles. The van der Waals surface area contributed by atoms with E-state index in [-0.39, 0.29) is 10.8 Å². The van der Waals surface area contributed by atoms with E-state index in [1.165, 1.54) is 26.0 Å². The molecule has 0 aromatic heterocycles. The number of esters is 1. The highest BCUT2D eigenvalue weighted by atomic mass is 32.2. The lowest BCUT2D eigenvalue weighted by molar-refractivity contribution is -0.186. The van der Waals surface area contributed by atoms with Crippen LogP contribution in [0.1, 0.15) is 20.8 Å². The predicted molar refractivity (Wildman–Crippen MR) is 71.1 cm³/mol. The Balaban J connectivity index is 3.05. The smallest absolute Gasteiger partial charge is 0.354 e. The second kappa shape index (κ2) is 6.40. The lowest BCUT2D eigenvalue weighted by Gasteiger charge is -2.52. The van der Waals surface area contributed by atoms with Crippen molar-refractivity contribution in [1.29, 1.82) is 0 Å². The third-order valence-electron chi connectivity index (χ3n) is 2.80. The maximum Gasteiger partial charge on any atom is 0.354 e. The Morgan fingerprint density at radius 2 is 1.79 bits per heavy atom. The molecule has 0 saturated carbocycles. The Labute approximate surface area is 116 Å². The molecule has 1 fully saturated rings. The summed E-state index contributed by atoms with van der Waals surface area (Å²) in [7, 11) is 2.73. The van der Waals surface area contributed by atoms with Crippen LogP contribution in [-0.2, 0) is 19.1 Å². The van der Waals surface area contributed by atoms with Gasteiger partial charge >= 0.3 is 5.97 Å². The lowest BCUT2D eigenvalue weighted by Crippen LogP contribution is -2.67. The zero-order valence-corrected chi connectivity index (χ0v) is 12.5. The van der Waals surface area contributed by atoms with Crippen LogP contribution in [-0.4, -0.2) is 53.0 Å². The van der Waals surface area contributed by atoms with Crippen molar-refractivity contribution in [3.05, 3.63) is 11.3 Å². The molecule has 6 nitrogen and oxygen atoms in total. The number of carbonyl (C=O) groups is 2. The molecule has 0 aromatic rings. The Hall–Kier alpha value is -1.05. The first-order chi connectivity index (χ1) is 8.84. The zero-order chi connectivity index (χ0) is 14.7. The van der Waals surface area contributed by atoms with Crippen molar-refractivity contribution in [2.75, 3.05) is 14.2 Å². The Kier molecular flexibility index (Phi) is 5.39. The number of methoxy groups -OCH3 is 2. The van der Waals surface area contributed by atoms with Gasteiger partial charge in [-0.2, -0.15) is 0 Å². The monoisotopic (exact) mass is 289 g/mol. The zero-order valence-electron chi connectivity index (χ0n) is 11.7. The maximum atomic E-state index is 11.8. The van der Waals surface area contributed by atoms with Gasteiger partial charge in [0.2, 0.25) is 0 Å². The molecule has 1 N–H and O–H groups in total. The molecule has 1 rings (SSSR count). The van der Waals surface area contributed by atoms with Gasteiger partial charge in [0.1, 0.15) is 17.2 Å². The highest BCUT2D eigenvalue weighted by Gasteiger charge is 2.52. The van der Waals surface area contributed by atoms with Crippen LogP contribution < -0.4 is 0 Å². The topological polar surface area (TPSA) is 76.1 Å². The third-order valence-corrected chi connectivity index (χ3v) is 3.87. The van der Waals surface area contributed by atoms with E-state index in [4.69, 9.17) is 9.47 Å². The number of aliphatic hydroxyl groups excluding tert-OH is 1. The number of carbonyl (C=O) groups excluding carboxylic acids is 2. The minimum atomic E-state index is -0.967. The molecule has 0 spiro atoms. The largest absolute Gasteiger partial charge is 0.464 e. The summed E-state index contributed by atoms with van der Waals surface area (Å²) in [6.45, 7) is 4.92. The van der Waals surface area contributed by atoms with Crippen LogP contribution in [0.4, 0.5) is 0 Å². The van der Waals surface area contributed by atoms with Crippen LogP contribution in [0.15, 0.2) is 11.3 Å². The van der Waals surface area contributed by atoms with Gasteiger partial charge in [0, 0.05) is 14.0 Å². The molecular weight excluding hydrogens is 270 g/mol. The van der Waals surface area contributed by atoms with Crippen molar-refractivity contribution in [3.63, 3.8) is 0 Å². The average Bonchev–Trinajstić information content (AvgIpc) is 2.33. The molecule has 0 amide bonds. The van der Waals surface area contributed by atoms with Crippen LogP contribution in [0.5, 0.6) is 0 Å². The third kappa shape index (κ3) is 3.10. The van der Waals surface area contributed by atoms with E-state index >= 15 is 0 Å². The van der Waals surface area contributed by atoms with Gasteiger partial charge in [-0.1, -0.05) is 11.8 Å². The molecule has 0 bridgehead atoms. The SMILES string of the molecule is COC(=O)C(=C(C)C)N1C(O)[C@H](OC)[C@H]1SC(C)=O. The van der Waals surface area contributed by atoms with Crippen LogP contribution in [0, 0.1) is 0 Å². The van der Waals surface area contributed by atoms with Crippen LogP contribution in [0.25, 0.3) is 0 Å². The summed E-state index contributed by atoms with van der Waals surface area (Å²) < 4.78 is 9.86. The molecule has 1 saturated heterocycles. The second-order valence-electron chi connectivity index (χ2n) is 4.36. The first-order valence-corrected chi connectivity index (χ1v) is 6.65. The van der Waals surface area contributed by atoms with Gasteiger partial charge < -0.3 is 19.5 Å². The molecule has 108 valence electrons. The molecule has 1 aliphatic heterocycles. The number of thioether (sulfide) groups is 1. The molecule has 3 atom stereocenters. The van der Waals surface area contributed by atoms with Crippen molar-refractivity contribution in [3.8, 4) is 0 Å². The van der Waals surface area contributed by atoms with Gasteiger partial charge in [-0.05, 0) is 19.4 Å². The minimum Gasteiger partial charge on any atom is -0.464 e. The Morgan fingerprint density at radius 3 is 2.16 bits per heavy atom. The molecular formula is C12H19NO5S. The van der Waals surface area contributed by atoms with Crippen molar-refractivity contribution >= 4 is 22.8 Å². The van der Waals surface area contributed by atoms with E-state index in [1.807, 2.05) is 0 Å². The molecule has 19 heavy (non-hydrogen) atoms. The fraction of sp³-hybridized carbons (Fsp3) is 0.667. The summed E-state index contributed by atoms with van der Waals surface area (Å²) in [4.78, 5) is 24.5. The molecule has 0 radical (unpaired) electrons. The fourth-order valence-corrected chi connectivity index (χ4v) is 3.04. The van der Waals surface area contributed by atoms with Gasteiger partial charge in [0.15, 0.2) is 11.3 Å². The summed E-state index contributed by atoms with van der Waals surface area (Å²) in [5, 5.41) is 9.51. The van der Waals surface area contributed by atoms with E-state index in [2.05, 4.69) is 0 Å². The minimum absolute atomic E-state index is 0.109. The summed E-state index contributed by atoms with van der Waals surface area (Å²) in [6, 6.07) is 0. The van der Waals surface area contributed by atoms with Crippen LogP contribution >= 0.6 is 11.8 Å². The lowest BCUT2D eigenvalue weighted by atomic mass is 10.1. The van der Waals surface area contributed by atoms with Crippen molar-refractivity contribution in [2.45, 2.75) is 38.5 Å². The second-order valence-corrected chi connectivity index (χ2v) is 5.65. The standard InChI is InChI=1S/C12H19NO5S/c1-6(2)8(12(16)18-5)13-10(15)9(17-4)11(13)19-7(3)14/h9-11,15H,1-5H3/t9-,10?,11+/m0/s1. The summed E-state index contributed by atoms with van der Waals surface area (Å²) in [5.41, 5.74) is 0.969. The summed E-state index contributed by atoms with van der Waals surface area (Å²) >= 11 is 1.02. The predicted octanol–water partition coefficient (Wildman–Crippen LogP) is 0.708. The number of likely N-dealkylation sites (tertiary alicyclic amines) is 1. The van der Waals surface area contributed by atoms with E-state index in [1.54, 1.807) is 13.8 Å². The van der Waals surface area contributed by atoms with E-state index in [0.29, 0.717) is 5.57 Å². The number of hydrogen-bond donors (Lipinski definition) is 1. The molecule has 1 heterocycles. The number of allylic oxidation sites excluding steroid dienone is 1. The Morgan fingerprint density at radius 1 is 1.21 bits per heavy atom. The van der Waals surface area contributed by atoms with Gasteiger partial charge in [0.05, 0.1) is 7.11 Å². The van der Waals surface area contributed by atoms with Gasteiger partial charge in [-0.25, -0.2) is 4.79 Å². The quantitative estimate of drug-likeness (QED) is 0.603. The van der Waals surface area contributed by atoms with Gasteiger partial charge in [0.25, 0.3) is 0 Å².